The zero-order valence-corrected chi connectivity index (χ0v) is 16.9. The summed E-state index contributed by atoms with van der Waals surface area (Å²) in [5, 5.41) is 48.9. The lowest BCUT2D eigenvalue weighted by molar-refractivity contribution is -0.131. The molecule has 33 heavy (non-hydrogen) atoms. The van der Waals surface area contributed by atoms with E-state index < -0.39 is 29.4 Å². The van der Waals surface area contributed by atoms with Gasteiger partial charge in [0.25, 0.3) is 0 Å². The van der Waals surface area contributed by atoms with Gasteiger partial charge in [-0.25, -0.2) is 4.79 Å². The molecule has 0 amide bonds. The smallest absolute Gasteiger partial charge is 0.328 e. The molecule has 1 aliphatic heterocycles. The van der Waals surface area contributed by atoms with Crippen molar-refractivity contribution >= 4 is 17.8 Å². The van der Waals surface area contributed by atoms with E-state index in [9.17, 15) is 30.0 Å². The van der Waals surface area contributed by atoms with Crippen molar-refractivity contribution in [1.29, 1.82) is 0 Å². The molecule has 0 aliphatic carbocycles. The van der Waals surface area contributed by atoms with Gasteiger partial charge in [-0.2, -0.15) is 0 Å². The van der Waals surface area contributed by atoms with Gasteiger partial charge >= 0.3 is 5.97 Å². The first-order chi connectivity index (χ1) is 15.7. The molecule has 0 radical (unpaired) electrons. The maximum atomic E-state index is 12.8. The quantitative estimate of drug-likeness (QED) is 0.285. The molecule has 0 spiro atoms. The predicted octanol–water partition coefficient (Wildman–Crippen LogP) is 4.11. The van der Waals surface area contributed by atoms with E-state index in [2.05, 4.69) is 0 Å². The first-order valence-electron chi connectivity index (χ1n) is 9.72. The lowest BCUT2D eigenvalue weighted by atomic mass is 9.95. The highest BCUT2D eigenvalue weighted by atomic mass is 16.5. The van der Waals surface area contributed by atoms with Crippen LogP contribution in [0.2, 0.25) is 0 Å². The number of aromatic hydroxyl groups is 4. The highest BCUT2D eigenvalue weighted by molar-refractivity contribution is 6.03. The lowest BCUT2D eigenvalue weighted by Crippen LogP contribution is -2.20. The lowest BCUT2D eigenvalue weighted by Gasteiger charge is -2.27. The molecular formula is C24H18O9. The molecule has 0 unspecified atom stereocenters. The summed E-state index contributed by atoms with van der Waals surface area (Å²) in [5.41, 5.74) is 0.877. The maximum Gasteiger partial charge on any atom is 0.328 e. The van der Waals surface area contributed by atoms with Gasteiger partial charge < -0.3 is 35.0 Å². The maximum absolute atomic E-state index is 12.8. The number of hydrogen-bond donors (Lipinski definition) is 5. The summed E-state index contributed by atoms with van der Waals surface area (Å²) in [4.78, 5) is 23.4. The number of Topliss-reactive ketones (excluding diaryl/α,β-unsaturated/α-hetero) is 1. The van der Waals surface area contributed by atoms with Gasteiger partial charge in [-0.3, -0.25) is 4.79 Å². The van der Waals surface area contributed by atoms with Crippen LogP contribution in [0.15, 0.2) is 54.6 Å². The minimum Gasteiger partial charge on any atom is -0.504 e. The Morgan fingerprint density at radius 1 is 0.970 bits per heavy atom. The molecule has 3 aromatic rings. The highest BCUT2D eigenvalue weighted by Gasteiger charge is 2.33. The van der Waals surface area contributed by atoms with Crippen molar-refractivity contribution in [3.05, 3.63) is 71.3 Å². The third kappa shape index (κ3) is 4.38. The van der Waals surface area contributed by atoms with Crippen molar-refractivity contribution in [3.8, 4) is 40.2 Å². The Morgan fingerprint density at radius 3 is 2.36 bits per heavy atom. The standard InChI is InChI=1S/C24H18O9/c25-15-7-4-13(9-16(15)26)19-10-17(27)22-20(33-19)11-18(28)24(23(22)31)32-14-5-1-12(2-6-14)3-8-21(29)30/h1-9,11,19,25-26,28,31H,10H2,(H,29,30)/t19-/m1/s1. The second-order valence-electron chi connectivity index (χ2n) is 7.27. The van der Waals surface area contributed by atoms with Gasteiger partial charge in [0.05, 0.1) is 6.42 Å². The molecule has 0 aromatic heterocycles. The zero-order valence-electron chi connectivity index (χ0n) is 16.9. The van der Waals surface area contributed by atoms with Gasteiger partial charge in [0.2, 0.25) is 5.75 Å². The van der Waals surface area contributed by atoms with Gasteiger partial charge in [0.1, 0.15) is 23.2 Å². The molecular weight excluding hydrogens is 432 g/mol. The van der Waals surface area contributed by atoms with E-state index >= 15 is 0 Å². The Labute approximate surface area is 187 Å². The number of hydrogen-bond acceptors (Lipinski definition) is 8. The third-order valence-electron chi connectivity index (χ3n) is 5.01. The van der Waals surface area contributed by atoms with E-state index in [1.807, 2.05) is 0 Å². The largest absolute Gasteiger partial charge is 0.504 e. The number of carboxylic acids is 1. The molecule has 3 aromatic carbocycles. The second-order valence-corrected chi connectivity index (χ2v) is 7.27. The summed E-state index contributed by atoms with van der Waals surface area (Å²) in [7, 11) is 0. The number of carbonyl (C=O) groups excluding carboxylic acids is 1. The number of carbonyl (C=O) groups is 2. The zero-order chi connectivity index (χ0) is 23.7. The van der Waals surface area contributed by atoms with E-state index in [1.54, 1.807) is 12.1 Å². The van der Waals surface area contributed by atoms with Crippen LogP contribution in [-0.4, -0.2) is 37.3 Å². The average Bonchev–Trinajstić information content (AvgIpc) is 2.77. The van der Waals surface area contributed by atoms with Gasteiger partial charge in [-0.15, -0.1) is 0 Å². The van der Waals surface area contributed by atoms with E-state index in [4.69, 9.17) is 14.6 Å². The molecule has 1 heterocycles. The second kappa shape index (κ2) is 8.46. The summed E-state index contributed by atoms with van der Waals surface area (Å²) in [6.07, 6.45) is 1.42. The van der Waals surface area contributed by atoms with Crippen LogP contribution in [0.25, 0.3) is 6.08 Å². The summed E-state index contributed by atoms with van der Waals surface area (Å²) in [5.74, 6) is -3.45. The fourth-order valence-electron chi connectivity index (χ4n) is 3.40. The van der Waals surface area contributed by atoms with Crippen LogP contribution in [0.1, 0.15) is 34.0 Å². The van der Waals surface area contributed by atoms with Crippen molar-refractivity contribution in [2.24, 2.45) is 0 Å². The number of phenolic OH excluding ortho intramolecular Hbond substituents is 4. The molecule has 168 valence electrons. The van der Waals surface area contributed by atoms with Gasteiger partial charge in [0.15, 0.2) is 28.8 Å². The number of ether oxygens (including phenoxy) is 2. The summed E-state index contributed by atoms with van der Waals surface area (Å²) in [6, 6.07) is 11.3. The number of ketones is 1. The van der Waals surface area contributed by atoms with Crippen LogP contribution >= 0.6 is 0 Å². The Hall–Kier alpha value is -4.66. The van der Waals surface area contributed by atoms with Crippen molar-refractivity contribution in [1.82, 2.24) is 0 Å². The summed E-state index contributed by atoms with van der Waals surface area (Å²) >= 11 is 0. The number of carboxylic acid groups (broad SMARTS) is 1. The predicted molar refractivity (Wildman–Crippen MR) is 115 cm³/mol. The van der Waals surface area contributed by atoms with Crippen LogP contribution in [0.5, 0.6) is 40.2 Å². The van der Waals surface area contributed by atoms with Crippen LogP contribution in [0, 0.1) is 0 Å². The number of aliphatic carboxylic acids is 1. The first kappa shape index (κ1) is 21.6. The third-order valence-corrected chi connectivity index (χ3v) is 5.01. The Kier molecular flexibility index (Phi) is 5.53. The SMILES string of the molecule is O=C(O)C=Cc1ccc(Oc2c(O)cc3c(c2O)C(=O)C[C@H](c2ccc(O)c(O)c2)O3)cc1. The van der Waals surface area contributed by atoms with Crippen molar-refractivity contribution in [2.75, 3.05) is 0 Å². The van der Waals surface area contributed by atoms with Crippen LogP contribution in [-0.2, 0) is 4.79 Å². The van der Waals surface area contributed by atoms with Crippen molar-refractivity contribution < 1.29 is 44.6 Å². The van der Waals surface area contributed by atoms with E-state index in [0.717, 1.165) is 12.1 Å². The number of benzene rings is 3. The van der Waals surface area contributed by atoms with E-state index in [-0.39, 0.29) is 40.7 Å². The molecule has 1 aliphatic rings. The molecule has 5 N–H and O–H groups in total. The fraction of sp³-hybridized carbons (Fsp3) is 0.0833. The Bertz CT molecular complexity index is 1280. The average molecular weight is 450 g/mol. The molecule has 9 nitrogen and oxygen atoms in total. The van der Waals surface area contributed by atoms with Crippen LogP contribution in [0.3, 0.4) is 0 Å². The summed E-state index contributed by atoms with van der Waals surface area (Å²) in [6.45, 7) is 0. The number of rotatable bonds is 5. The summed E-state index contributed by atoms with van der Waals surface area (Å²) < 4.78 is 11.3. The Morgan fingerprint density at radius 2 is 1.70 bits per heavy atom. The van der Waals surface area contributed by atoms with Crippen LogP contribution in [0.4, 0.5) is 0 Å². The minimum atomic E-state index is -1.09. The highest BCUT2D eigenvalue weighted by Crippen LogP contribution is 2.50. The normalized spacial score (nSPS) is 15.2. The van der Waals surface area contributed by atoms with Gasteiger partial charge in [0, 0.05) is 12.1 Å². The molecule has 1 atom stereocenters. The van der Waals surface area contributed by atoms with Gasteiger partial charge in [-0.1, -0.05) is 18.2 Å². The Balaban J connectivity index is 1.61. The number of fused-ring (bicyclic) bond motifs is 1. The molecule has 9 heteroatoms. The molecule has 0 saturated carbocycles. The molecule has 0 bridgehead atoms. The van der Waals surface area contributed by atoms with Crippen LogP contribution < -0.4 is 9.47 Å². The minimum absolute atomic E-state index is 0.0553. The van der Waals surface area contributed by atoms with E-state index in [1.165, 1.54) is 36.4 Å². The first-order valence-corrected chi connectivity index (χ1v) is 9.72. The fourth-order valence-corrected chi connectivity index (χ4v) is 3.40. The molecule has 0 fully saturated rings. The monoisotopic (exact) mass is 450 g/mol. The van der Waals surface area contributed by atoms with E-state index in [0.29, 0.717) is 11.1 Å². The van der Waals surface area contributed by atoms with Crippen molar-refractivity contribution in [3.63, 3.8) is 0 Å². The topological polar surface area (TPSA) is 154 Å². The molecule has 4 rings (SSSR count). The van der Waals surface area contributed by atoms with Crippen molar-refractivity contribution in [2.45, 2.75) is 12.5 Å². The molecule has 0 saturated heterocycles. The van der Waals surface area contributed by atoms with Gasteiger partial charge in [-0.05, 0) is 41.5 Å². The number of phenols is 4.